The minimum Gasteiger partial charge on any atom is -0.349 e. The van der Waals surface area contributed by atoms with Gasteiger partial charge >= 0.3 is 0 Å². The van der Waals surface area contributed by atoms with Gasteiger partial charge in [-0.25, -0.2) is 0 Å². The molecule has 1 aliphatic carbocycles. The number of quaternary nitrogens is 1. The van der Waals surface area contributed by atoms with E-state index in [0.717, 1.165) is 30.3 Å². The standard InChI is InChI=1S/C22H35N3S/c1-16-14-17(2)21(18(3)15-16)23-22(26)25-12-10-20(11-13-25)24(4)19-8-6-5-7-9-19/h14-15,19-20H,5-13H2,1-4H3,(H,23,26)/p+1. The SMILES string of the molecule is Cc1cc(C)c(NC(=S)N2CCC([NH+](C)C3CCCCC3)CC2)c(C)c1. The van der Waals surface area contributed by atoms with E-state index in [1.165, 1.54) is 67.3 Å². The molecule has 2 N–H and O–H groups in total. The summed E-state index contributed by atoms with van der Waals surface area (Å²) in [4.78, 5) is 4.16. The van der Waals surface area contributed by atoms with Gasteiger partial charge in [0, 0.05) is 31.6 Å². The van der Waals surface area contributed by atoms with Crippen LogP contribution in [-0.4, -0.2) is 42.2 Å². The number of aryl methyl sites for hydroxylation is 3. The number of likely N-dealkylation sites (tertiary alicyclic amines) is 1. The molecule has 0 bridgehead atoms. The zero-order chi connectivity index (χ0) is 18.7. The first-order valence-corrected chi connectivity index (χ1v) is 10.8. The molecule has 144 valence electrons. The third-order valence-electron chi connectivity index (χ3n) is 6.58. The Kier molecular flexibility index (Phi) is 6.57. The Morgan fingerprint density at radius 3 is 2.08 bits per heavy atom. The molecule has 1 saturated heterocycles. The van der Waals surface area contributed by atoms with Gasteiger partial charge in [0.25, 0.3) is 0 Å². The molecule has 2 aliphatic rings. The molecule has 1 aromatic rings. The Bertz CT molecular complexity index is 605. The number of piperidine rings is 1. The minimum atomic E-state index is 0.806. The van der Waals surface area contributed by atoms with Crippen LogP contribution in [0.3, 0.4) is 0 Å². The summed E-state index contributed by atoms with van der Waals surface area (Å²) < 4.78 is 0. The van der Waals surface area contributed by atoms with Crippen LogP contribution in [0.15, 0.2) is 12.1 Å². The van der Waals surface area contributed by atoms with E-state index in [4.69, 9.17) is 12.2 Å². The molecule has 1 saturated carbocycles. The number of nitrogens with zero attached hydrogens (tertiary/aromatic N) is 1. The maximum atomic E-state index is 5.75. The largest absolute Gasteiger partial charge is 0.349 e. The molecule has 1 atom stereocenters. The number of hydrogen-bond donors (Lipinski definition) is 2. The van der Waals surface area contributed by atoms with Crippen LogP contribution in [0.1, 0.15) is 61.6 Å². The fourth-order valence-corrected chi connectivity index (χ4v) is 5.28. The molecule has 0 amide bonds. The molecule has 0 aromatic heterocycles. The van der Waals surface area contributed by atoms with Gasteiger partial charge in [0.1, 0.15) is 0 Å². The van der Waals surface area contributed by atoms with E-state index in [2.05, 4.69) is 50.2 Å². The van der Waals surface area contributed by atoms with Gasteiger partial charge in [-0.2, -0.15) is 0 Å². The summed E-state index contributed by atoms with van der Waals surface area (Å²) in [6.07, 6.45) is 9.69. The van der Waals surface area contributed by atoms with Gasteiger partial charge < -0.3 is 15.1 Å². The number of benzene rings is 1. The first-order chi connectivity index (χ1) is 12.5. The monoisotopic (exact) mass is 374 g/mol. The van der Waals surface area contributed by atoms with Crippen molar-refractivity contribution in [3.05, 3.63) is 28.8 Å². The van der Waals surface area contributed by atoms with E-state index in [1.54, 1.807) is 4.90 Å². The van der Waals surface area contributed by atoms with E-state index >= 15 is 0 Å². The van der Waals surface area contributed by atoms with Gasteiger partial charge in [-0.1, -0.05) is 24.1 Å². The van der Waals surface area contributed by atoms with Gasteiger partial charge in [0.15, 0.2) is 5.11 Å². The molecule has 0 spiro atoms. The summed E-state index contributed by atoms with van der Waals surface area (Å²) in [7, 11) is 2.44. The highest BCUT2D eigenvalue weighted by Gasteiger charge is 2.31. The average Bonchev–Trinajstić information content (AvgIpc) is 2.64. The second kappa shape index (κ2) is 8.71. The number of anilines is 1. The molecule has 1 aliphatic heterocycles. The topological polar surface area (TPSA) is 19.7 Å². The summed E-state index contributed by atoms with van der Waals surface area (Å²) in [6, 6.07) is 6.16. The first-order valence-electron chi connectivity index (χ1n) is 10.4. The van der Waals surface area contributed by atoms with Crippen molar-refractivity contribution in [2.75, 3.05) is 25.5 Å². The quantitative estimate of drug-likeness (QED) is 0.789. The number of nitrogens with one attached hydrogen (secondary N) is 2. The Hall–Kier alpha value is -1.13. The number of hydrogen-bond acceptors (Lipinski definition) is 1. The van der Waals surface area contributed by atoms with Crippen LogP contribution >= 0.6 is 12.2 Å². The molecular formula is C22H36N3S+. The fourth-order valence-electron chi connectivity index (χ4n) is 4.99. The van der Waals surface area contributed by atoms with E-state index < -0.39 is 0 Å². The second-order valence-electron chi connectivity index (χ2n) is 8.54. The maximum absolute atomic E-state index is 5.75. The lowest BCUT2D eigenvalue weighted by atomic mass is 9.92. The Balaban J connectivity index is 1.54. The second-order valence-corrected chi connectivity index (χ2v) is 8.93. The first kappa shape index (κ1) is 19.6. The minimum absolute atomic E-state index is 0.806. The van der Waals surface area contributed by atoms with Crippen molar-refractivity contribution in [3.8, 4) is 0 Å². The highest BCUT2D eigenvalue weighted by Crippen LogP contribution is 2.23. The van der Waals surface area contributed by atoms with Crippen molar-refractivity contribution < 1.29 is 4.90 Å². The molecule has 1 aromatic carbocycles. The third kappa shape index (κ3) is 4.58. The third-order valence-corrected chi connectivity index (χ3v) is 6.94. The molecule has 4 heteroatoms. The summed E-state index contributed by atoms with van der Waals surface area (Å²) in [5, 5.41) is 4.43. The van der Waals surface area contributed by atoms with E-state index in [1.807, 2.05) is 0 Å². The van der Waals surface area contributed by atoms with Crippen LogP contribution in [0.4, 0.5) is 5.69 Å². The summed E-state index contributed by atoms with van der Waals surface area (Å²) in [5.41, 5.74) is 5.06. The average molecular weight is 375 g/mol. The van der Waals surface area contributed by atoms with E-state index in [9.17, 15) is 0 Å². The van der Waals surface area contributed by atoms with Gasteiger partial charge in [-0.15, -0.1) is 0 Å². The molecule has 1 unspecified atom stereocenters. The van der Waals surface area contributed by atoms with Gasteiger partial charge in [0.05, 0.1) is 19.1 Å². The van der Waals surface area contributed by atoms with Crippen molar-refractivity contribution in [1.29, 1.82) is 0 Å². The van der Waals surface area contributed by atoms with Crippen molar-refractivity contribution in [2.45, 2.75) is 77.8 Å². The molecule has 1 heterocycles. The summed E-state index contributed by atoms with van der Waals surface area (Å²) in [5.74, 6) is 0. The fraction of sp³-hybridized carbons (Fsp3) is 0.682. The summed E-state index contributed by atoms with van der Waals surface area (Å²) >= 11 is 5.75. The van der Waals surface area contributed by atoms with Crippen LogP contribution in [0, 0.1) is 20.8 Å². The molecule has 2 fully saturated rings. The number of thiocarbonyl (C=S) groups is 1. The van der Waals surface area contributed by atoms with Crippen molar-refractivity contribution in [1.82, 2.24) is 4.90 Å². The van der Waals surface area contributed by atoms with Gasteiger partial charge in [0.2, 0.25) is 0 Å². The smallest absolute Gasteiger partial charge is 0.173 e. The number of rotatable bonds is 3. The molecule has 3 nitrogen and oxygen atoms in total. The van der Waals surface area contributed by atoms with Crippen molar-refractivity contribution in [3.63, 3.8) is 0 Å². The lowest BCUT2D eigenvalue weighted by Gasteiger charge is -2.39. The van der Waals surface area contributed by atoms with Crippen LogP contribution in [0.5, 0.6) is 0 Å². The van der Waals surface area contributed by atoms with E-state index in [0.29, 0.717) is 0 Å². The maximum Gasteiger partial charge on any atom is 0.173 e. The zero-order valence-electron chi connectivity index (χ0n) is 17.0. The normalized spacial score (nSPS) is 20.8. The Labute approximate surface area is 165 Å². The Morgan fingerprint density at radius 1 is 0.962 bits per heavy atom. The van der Waals surface area contributed by atoms with Crippen molar-refractivity contribution in [2.24, 2.45) is 0 Å². The lowest BCUT2D eigenvalue weighted by Crippen LogP contribution is -3.17. The molecule has 26 heavy (non-hydrogen) atoms. The van der Waals surface area contributed by atoms with Crippen LogP contribution in [0.25, 0.3) is 0 Å². The van der Waals surface area contributed by atoms with Crippen LogP contribution in [-0.2, 0) is 0 Å². The van der Waals surface area contributed by atoms with Gasteiger partial charge in [-0.05, 0) is 69.8 Å². The molecule has 3 rings (SSSR count). The van der Waals surface area contributed by atoms with Crippen LogP contribution in [0.2, 0.25) is 0 Å². The van der Waals surface area contributed by atoms with Crippen molar-refractivity contribution >= 4 is 23.0 Å². The molecule has 0 radical (unpaired) electrons. The zero-order valence-corrected chi connectivity index (χ0v) is 17.8. The van der Waals surface area contributed by atoms with Crippen LogP contribution < -0.4 is 10.2 Å². The highest BCUT2D eigenvalue weighted by molar-refractivity contribution is 7.80. The van der Waals surface area contributed by atoms with Gasteiger partial charge in [-0.3, -0.25) is 0 Å². The lowest BCUT2D eigenvalue weighted by molar-refractivity contribution is -0.933. The molecular weight excluding hydrogens is 338 g/mol. The predicted molar refractivity (Wildman–Crippen MR) is 115 cm³/mol. The Morgan fingerprint density at radius 2 is 1.50 bits per heavy atom. The highest BCUT2D eigenvalue weighted by atomic mass is 32.1. The summed E-state index contributed by atoms with van der Waals surface area (Å²) in [6.45, 7) is 8.66. The van der Waals surface area contributed by atoms with E-state index in [-0.39, 0.29) is 0 Å². The predicted octanol–water partition coefficient (Wildman–Crippen LogP) is 3.62.